The van der Waals surface area contributed by atoms with Gasteiger partial charge in [-0.05, 0) is 42.0 Å². The molecule has 0 radical (unpaired) electrons. The Kier molecular flexibility index (Phi) is 5.48. The van der Waals surface area contributed by atoms with E-state index in [4.69, 9.17) is 5.73 Å². The standard InChI is InChI=1S/C24H23N5O/c1-29-13-12-18-14-21(10-11-22(18)29)28-24(30)27-20-9-5-8-19(15-20)23(25)26-16-17-6-3-2-4-7-17/h2-15H,16H2,1H3,(H2,25,26)(H2,27,28,30). The third kappa shape index (κ3) is 4.50. The molecule has 0 aliphatic heterocycles. The molecular formula is C24H23N5O. The van der Waals surface area contributed by atoms with Crippen LogP contribution in [0.15, 0.2) is 90.1 Å². The number of anilines is 2. The van der Waals surface area contributed by atoms with Crippen LogP contribution >= 0.6 is 0 Å². The van der Waals surface area contributed by atoms with Crippen molar-refractivity contribution in [1.29, 1.82) is 0 Å². The molecule has 1 heterocycles. The molecule has 4 rings (SSSR count). The minimum atomic E-state index is -0.317. The van der Waals surface area contributed by atoms with Gasteiger partial charge in [0.05, 0.1) is 6.54 Å². The van der Waals surface area contributed by atoms with Gasteiger partial charge in [0, 0.05) is 41.1 Å². The van der Waals surface area contributed by atoms with Gasteiger partial charge in [-0.15, -0.1) is 0 Å². The number of fused-ring (bicyclic) bond motifs is 1. The predicted octanol–water partition coefficient (Wildman–Crippen LogP) is 4.73. The fourth-order valence-electron chi connectivity index (χ4n) is 3.26. The summed E-state index contributed by atoms with van der Waals surface area (Å²) < 4.78 is 2.04. The number of urea groups is 1. The van der Waals surface area contributed by atoms with Gasteiger partial charge in [-0.25, -0.2) is 4.79 Å². The number of hydrogen-bond donors (Lipinski definition) is 3. The van der Waals surface area contributed by atoms with Crippen molar-refractivity contribution in [3.63, 3.8) is 0 Å². The molecule has 0 saturated carbocycles. The minimum absolute atomic E-state index is 0.317. The fraction of sp³-hybridized carbons (Fsp3) is 0.0833. The SMILES string of the molecule is Cn1ccc2cc(NC(=O)Nc3cccc(C(N)=NCc4ccccc4)c3)ccc21. The van der Waals surface area contributed by atoms with Gasteiger partial charge in [-0.2, -0.15) is 0 Å². The van der Waals surface area contributed by atoms with Gasteiger partial charge in [0.25, 0.3) is 0 Å². The number of aromatic nitrogens is 1. The van der Waals surface area contributed by atoms with Gasteiger partial charge in [0.15, 0.2) is 0 Å². The van der Waals surface area contributed by atoms with E-state index in [0.29, 0.717) is 18.1 Å². The molecule has 0 atom stereocenters. The number of nitrogens with two attached hydrogens (primary N) is 1. The highest BCUT2D eigenvalue weighted by molar-refractivity contribution is 6.03. The molecule has 6 nitrogen and oxygen atoms in total. The second-order valence-corrected chi connectivity index (χ2v) is 7.05. The molecule has 2 amide bonds. The number of amides is 2. The summed E-state index contributed by atoms with van der Waals surface area (Å²) in [5, 5.41) is 6.78. The number of aryl methyl sites for hydroxylation is 1. The van der Waals surface area contributed by atoms with Crippen molar-refractivity contribution in [2.45, 2.75) is 6.54 Å². The maximum Gasteiger partial charge on any atom is 0.323 e. The summed E-state index contributed by atoms with van der Waals surface area (Å²) in [6, 6.07) is 24.8. The van der Waals surface area contributed by atoms with E-state index in [-0.39, 0.29) is 6.03 Å². The van der Waals surface area contributed by atoms with E-state index in [1.807, 2.05) is 96.7 Å². The van der Waals surface area contributed by atoms with Crippen LogP contribution in [0.25, 0.3) is 10.9 Å². The lowest BCUT2D eigenvalue weighted by Crippen LogP contribution is -2.20. The molecule has 3 aromatic carbocycles. The molecule has 0 unspecified atom stereocenters. The topological polar surface area (TPSA) is 84.4 Å². The minimum Gasteiger partial charge on any atom is -0.383 e. The van der Waals surface area contributed by atoms with E-state index in [1.165, 1.54) is 0 Å². The molecule has 0 spiro atoms. The number of carbonyl (C=O) groups excluding carboxylic acids is 1. The summed E-state index contributed by atoms with van der Waals surface area (Å²) in [6.07, 6.45) is 1.99. The average Bonchev–Trinajstić information content (AvgIpc) is 3.13. The number of benzene rings is 3. The molecule has 0 bridgehead atoms. The zero-order valence-electron chi connectivity index (χ0n) is 16.7. The van der Waals surface area contributed by atoms with Crippen LogP contribution in [0, 0.1) is 0 Å². The Morgan fingerprint density at radius 1 is 0.933 bits per heavy atom. The van der Waals surface area contributed by atoms with Crippen molar-refractivity contribution in [3.8, 4) is 0 Å². The lowest BCUT2D eigenvalue weighted by atomic mass is 10.2. The Morgan fingerprint density at radius 3 is 2.50 bits per heavy atom. The molecule has 4 N–H and O–H groups in total. The zero-order valence-corrected chi connectivity index (χ0v) is 16.7. The van der Waals surface area contributed by atoms with Gasteiger partial charge in [-0.3, -0.25) is 4.99 Å². The van der Waals surface area contributed by atoms with Gasteiger partial charge >= 0.3 is 6.03 Å². The van der Waals surface area contributed by atoms with Gasteiger partial charge in [-0.1, -0.05) is 42.5 Å². The highest BCUT2D eigenvalue weighted by atomic mass is 16.2. The van der Waals surface area contributed by atoms with Crippen LogP contribution in [0.3, 0.4) is 0 Å². The van der Waals surface area contributed by atoms with Crippen LogP contribution in [-0.4, -0.2) is 16.4 Å². The Bertz CT molecular complexity index is 1210. The predicted molar refractivity (Wildman–Crippen MR) is 123 cm³/mol. The molecule has 4 aromatic rings. The summed E-state index contributed by atoms with van der Waals surface area (Å²) in [5.41, 5.74) is 10.5. The smallest absolute Gasteiger partial charge is 0.323 e. The quantitative estimate of drug-likeness (QED) is 0.336. The van der Waals surface area contributed by atoms with Crippen molar-refractivity contribution in [1.82, 2.24) is 4.57 Å². The zero-order chi connectivity index (χ0) is 20.9. The third-order valence-electron chi connectivity index (χ3n) is 4.83. The number of nitrogens with one attached hydrogen (secondary N) is 2. The van der Waals surface area contributed by atoms with Gasteiger partial charge in [0.1, 0.15) is 5.84 Å². The summed E-state index contributed by atoms with van der Waals surface area (Å²) >= 11 is 0. The van der Waals surface area contributed by atoms with E-state index >= 15 is 0 Å². The summed E-state index contributed by atoms with van der Waals surface area (Å²) in [5.74, 6) is 0.428. The average molecular weight is 397 g/mol. The number of aliphatic imine (C=N–C) groups is 1. The van der Waals surface area contributed by atoms with E-state index in [1.54, 1.807) is 0 Å². The molecule has 1 aromatic heterocycles. The summed E-state index contributed by atoms with van der Waals surface area (Å²) in [4.78, 5) is 16.9. The van der Waals surface area contributed by atoms with Crippen molar-refractivity contribution >= 4 is 34.1 Å². The van der Waals surface area contributed by atoms with Crippen LogP contribution in [0.5, 0.6) is 0 Å². The lowest BCUT2D eigenvalue weighted by Gasteiger charge is -2.10. The van der Waals surface area contributed by atoms with E-state index in [9.17, 15) is 4.79 Å². The molecule has 0 aliphatic rings. The number of amidine groups is 1. The normalized spacial score (nSPS) is 11.4. The molecular weight excluding hydrogens is 374 g/mol. The molecule has 150 valence electrons. The van der Waals surface area contributed by atoms with Crippen LogP contribution in [-0.2, 0) is 13.6 Å². The van der Waals surface area contributed by atoms with Crippen LogP contribution < -0.4 is 16.4 Å². The first kappa shape index (κ1) is 19.3. The first-order valence-electron chi connectivity index (χ1n) is 9.66. The molecule has 0 saturated heterocycles. The van der Waals surface area contributed by atoms with E-state index in [0.717, 1.165) is 27.7 Å². The van der Waals surface area contributed by atoms with Gasteiger partial charge in [0.2, 0.25) is 0 Å². The molecule has 30 heavy (non-hydrogen) atoms. The maximum absolute atomic E-state index is 12.4. The Labute approximate surface area is 175 Å². The number of carbonyl (C=O) groups is 1. The van der Waals surface area contributed by atoms with Crippen molar-refractivity contribution in [2.75, 3.05) is 10.6 Å². The fourth-order valence-corrected chi connectivity index (χ4v) is 3.26. The van der Waals surface area contributed by atoms with Crippen LogP contribution in [0.4, 0.5) is 16.2 Å². The Balaban J connectivity index is 1.42. The highest BCUT2D eigenvalue weighted by Gasteiger charge is 2.06. The molecule has 0 aliphatic carbocycles. The van der Waals surface area contributed by atoms with Gasteiger partial charge < -0.3 is 20.9 Å². The number of rotatable bonds is 5. The summed E-state index contributed by atoms with van der Waals surface area (Å²) in [6.45, 7) is 0.507. The number of hydrogen-bond acceptors (Lipinski definition) is 2. The van der Waals surface area contributed by atoms with Crippen molar-refractivity contribution < 1.29 is 4.79 Å². The largest absolute Gasteiger partial charge is 0.383 e. The highest BCUT2D eigenvalue weighted by Crippen LogP contribution is 2.20. The molecule has 0 fully saturated rings. The maximum atomic E-state index is 12.4. The molecule has 6 heteroatoms. The Hall–Kier alpha value is -4.06. The third-order valence-corrected chi connectivity index (χ3v) is 4.83. The van der Waals surface area contributed by atoms with Crippen LogP contribution in [0.2, 0.25) is 0 Å². The Morgan fingerprint density at radius 2 is 1.70 bits per heavy atom. The van der Waals surface area contributed by atoms with E-state index in [2.05, 4.69) is 15.6 Å². The monoisotopic (exact) mass is 397 g/mol. The van der Waals surface area contributed by atoms with E-state index < -0.39 is 0 Å². The van der Waals surface area contributed by atoms with Crippen molar-refractivity contribution in [2.24, 2.45) is 17.8 Å². The second kappa shape index (κ2) is 8.53. The first-order chi connectivity index (χ1) is 14.6. The van der Waals surface area contributed by atoms with Crippen molar-refractivity contribution in [3.05, 3.63) is 96.2 Å². The lowest BCUT2D eigenvalue weighted by molar-refractivity contribution is 0.262. The summed E-state index contributed by atoms with van der Waals surface area (Å²) in [7, 11) is 1.99. The van der Waals surface area contributed by atoms with Crippen LogP contribution in [0.1, 0.15) is 11.1 Å². The second-order valence-electron chi connectivity index (χ2n) is 7.05. The first-order valence-corrected chi connectivity index (χ1v) is 9.66. The number of nitrogens with zero attached hydrogens (tertiary/aromatic N) is 2.